The SMILES string of the molecule is Cc1cccc2[nH]cc(CCNC(=O)C(C)(C)N)c12. The van der Waals surface area contributed by atoms with Crippen molar-refractivity contribution in [1.29, 1.82) is 0 Å². The van der Waals surface area contributed by atoms with Crippen molar-refractivity contribution in [1.82, 2.24) is 10.3 Å². The van der Waals surface area contributed by atoms with Crippen LogP contribution >= 0.6 is 0 Å². The molecule has 0 saturated carbocycles. The maximum atomic E-state index is 11.7. The number of nitrogens with two attached hydrogens (primary N) is 1. The Hall–Kier alpha value is -1.81. The van der Waals surface area contributed by atoms with Crippen molar-refractivity contribution in [3.8, 4) is 0 Å². The number of nitrogens with one attached hydrogen (secondary N) is 2. The van der Waals surface area contributed by atoms with E-state index in [1.54, 1.807) is 13.8 Å². The average molecular weight is 259 g/mol. The first-order valence-corrected chi connectivity index (χ1v) is 6.52. The van der Waals surface area contributed by atoms with Gasteiger partial charge in [0.1, 0.15) is 0 Å². The fraction of sp³-hybridized carbons (Fsp3) is 0.400. The van der Waals surface area contributed by atoms with Gasteiger partial charge in [0.25, 0.3) is 0 Å². The maximum absolute atomic E-state index is 11.7. The number of hydrogen-bond donors (Lipinski definition) is 3. The molecule has 0 bridgehead atoms. The van der Waals surface area contributed by atoms with E-state index in [-0.39, 0.29) is 5.91 Å². The lowest BCUT2D eigenvalue weighted by molar-refractivity contribution is -0.125. The van der Waals surface area contributed by atoms with Gasteiger partial charge in [-0.3, -0.25) is 4.79 Å². The van der Waals surface area contributed by atoms with Crippen LogP contribution in [-0.2, 0) is 11.2 Å². The Balaban J connectivity index is 2.05. The number of H-pyrrole nitrogens is 1. The molecular weight excluding hydrogens is 238 g/mol. The normalized spacial score (nSPS) is 11.8. The molecule has 4 heteroatoms. The highest BCUT2D eigenvalue weighted by atomic mass is 16.2. The standard InChI is InChI=1S/C15H21N3O/c1-10-5-4-6-12-13(10)11(9-18-12)7-8-17-14(19)15(2,3)16/h4-6,9,18H,7-8,16H2,1-3H3,(H,17,19). The molecule has 0 atom stereocenters. The van der Waals surface area contributed by atoms with Crippen LogP contribution in [0, 0.1) is 6.92 Å². The van der Waals surface area contributed by atoms with E-state index in [9.17, 15) is 4.79 Å². The first-order valence-electron chi connectivity index (χ1n) is 6.52. The number of carbonyl (C=O) groups is 1. The summed E-state index contributed by atoms with van der Waals surface area (Å²) in [5, 5.41) is 4.12. The minimum atomic E-state index is -0.823. The smallest absolute Gasteiger partial charge is 0.239 e. The zero-order valence-corrected chi connectivity index (χ0v) is 11.7. The monoisotopic (exact) mass is 259 g/mol. The first kappa shape index (κ1) is 13.6. The number of carbonyl (C=O) groups excluding carboxylic acids is 1. The van der Waals surface area contributed by atoms with Gasteiger partial charge >= 0.3 is 0 Å². The molecule has 2 rings (SSSR count). The predicted molar refractivity (Wildman–Crippen MR) is 78.0 cm³/mol. The Labute approximate surface area is 113 Å². The Morgan fingerprint density at radius 3 is 2.84 bits per heavy atom. The zero-order valence-electron chi connectivity index (χ0n) is 11.7. The number of aromatic nitrogens is 1. The molecule has 4 N–H and O–H groups in total. The molecule has 0 aliphatic rings. The van der Waals surface area contributed by atoms with Crippen LogP contribution in [0.1, 0.15) is 25.0 Å². The molecule has 0 fully saturated rings. The highest BCUT2D eigenvalue weighted by molar-refractivity contribution is 5.87. The van der Waals surface area contributed by atoms with Gasteiger partial charge in [0.15, 0.2) is 0 Å². The van der Waals surface area contributed by atoms with E-state index in [0.717, 1.165) is 11.9 Å². The number of fused-ring (bicyclic) bond motifs is 1. The van der Waals surface area contributed by atoms with Gasteiger partial charge in [-0.25, -0.2) is 0 Å². The Kier molecular flexibility index (Phi) is 3.62. The molecule has 2 aromatic rings. The van der Waals surface area contributed by atoms with E-state index in [1.807, 2.05) is 12.3 Å². The number of aromatic amines is 1. The van der Waals surface area contributed by atoms with Gasteiger partial charge in [-0.05, 0) is 44.4 Å². The minimum absolute atomic E-state index is 0.121. The third kappa shape index (κ3) is 2.96. The Morgan fingerprint density at radius 2 is 2.16 bits per heavy atom. The van der Waals surface area contributed by atoms with Crippen LogP contribution in [0.4, 0.5) is 0 Å². The number of benzene rings is 1. The topological polar surface area (TPSA) is 70.9 Å². The lowest BCUT2D eigenvalue weighted by atomic mass is 10.0. The summed E-state index contributed by atoms with van der Waals surface area (Å²) in [6, 6.07) is 6.20. The van der Waals surface area contributed by atoms with E-state index < -0.39 is 5.54 Å². The van der Waals surface area contributed by atoms with Gasteiger partial charge in [-0.1, -0.05) is 12.1 Å². The van der Waals surface area contributed by atoms with Crippen molar-refractivity contribution < 1.29 is 4.79 Å². The molecule has 1 amide bonds. The van der Waals surface area contributed by atoms with Gasteiger partial charge in [0, 0.05) is 23.6 Å². The second-order valence-electron chi connectivity index (χ2n) is 5.54. The second-order valence-corrected chi connectivity index (χ2v) is 5.54. The summed E-state index contributed by atoms with van der Waals surface area (Å²) in [7, 11) is 0. The molecular formula is C15H21N3O. The molecule has 1 aromatic carbocycles. The largest absolute Gasteiger partial charge is 0.361 e. The van der Waals surface area contributed by atoms with Crippen LogP contribution in [0.5, 0.6) is 0 Å². The summed E-state index contributed by atoms with van der Waals surface area (Å²) in [5.74, 6) is -0.121. The molecule has 102 valence electrons. The van der Waals surface area contributed by atoms with E-state index in [1.165, 1.54) is 16.5 Å². The Bertz CT molecular complexity index is 593. The fourth-order valence-electron chi connectivity index (χ4n) is 2.19. The average Bonchev–Trinajstić information content (AvgIpc) is 2.72. The molecule has 0 aliphatic heterocycles. The van der Waals surface area contributed by atoms with E-state index >= 15 is 0 Å². The van der Waals surface area contributed by atoms with Gasteiger partial charge in [0.2, 0.25) is 5.91 Å². The number of amides is 1. The lowest BCUT2D eigenvalue weighted by Crippen LogP contribution is -2.49. The highest BCUT2D eigenvalue weighted by Crippen LogP contribution is 2.22. The minimum Gasteiger partial charge on any atom is -0.361 e. The van der Waals surface area contributed by atoms with Gasteiger partial charge in [0.05, 0.1) is 5.54 Å². The maximum Gasteiger partial charge on any atom is 0.239 e. The summed E-state index contributed by atoms with van der Waals surface area (Å²) in [4.78, 5) is 14.9. The molecule has 1 aromatic heterocycles. The summed E-state index contributed by atoms with van der Waals surface area (Å²) >= 11 is 0. The molecule has 0 saturated heterocycles. The van der Waals surface area contributed by atoms with Crippen LogP contribution in [0.15, 0.2) is 24.4 Å². The summed E-state index contributed by atoms with van der Waals surface area (Å²) < 4.78 is 0. The lowest BCUT2D eigenvalue weighted by Gasteiger charge is -2.17. The van der Waals surface area contributed by atoms with Crippen LogP contribution in [0.25, 0.3) is 10.9 Å². The number of hydrogen-bond acceptors (Lipinski definition) is 2. The quantitative estimate of drug-likeness (QED) is 0.784. The second kappa shape index (κ2) is 5.05. The van der Waals surface area contributed by atoms with Crippen LogP contribution in [0.2, 0.25) is 0 Å². The first-order chi connectivity index (χ1) is 8.89. The highest BCUT2D eigenvalue weighted by Gasteiger charge is 2.21. The molecule has 4 nitrogen and oxygen atoms in total. The van der Waals surface area contributed by atoms with Gasteiger partial charge in [-0.2, -0.15) is 0 Å². The molecule has 0 spiro atoms. The number of rotatable bonds is 4. The Morgan fingerprint density at radius 1 is 1.42 bits per heavy atom. The van der Waals surface area contributed by atoms with Crippen LogP contribution in [0.3, 0.4) is 0 Å². The van der Waals surface area contributed by atoms with Crippen molar-refractivity contribution in [2.75, 3.05) is 6.54 Å². The molecule has 0 radical (unpaired) electrons. The number of aryl methyl sites for hydroxylation is 1. The van der Waals surface area contributed by atoms with Crippen molar-refractivity contribution in [3.05, 3.63) is 35.5 Å². The van der Waals surface area contributed by atoms with Crippen molar-refractivity contribution >= 4 is 16.8 Å². The van der Waals surface area contributed by atoms with E-state index in [2.05, 4.69) is 29.4 Å². The third-order valence-corrected chi connectivity index (χ3v) is 3.26. The molecule has 0 unspecified atom stereocenters. The summed E-state index contributed by atoms with van der Waals surface area (Å²) in [5.41, 5.74) is 8.53. The van der Waals surface area contributed by atoms with Gasteiger partial charge in [-0.15, -0.1) is 0 Å². The van der Waals surface area contributed by atoms with Crippen molar-refractivity contribution in [2.24, 2.45) is 5.73 Å². The summed E-state index contributed by atoms with van der Waals surface area (Å²) in [6.07, 6.45) is 2.81. The van der Waals surface area contributed by atoms with Crippen LogP contribution in [-0.4, -0.2) is 23.0 Å². The summed E-state index contributed by atoms with van der Waals surface area (Å²) in [6.45, 7) is 6.11. The van der Waals surface area contributed by atoms with Crippen molar-refractivity contribution in [2.45, 2.75) is 32.7 Å². The molecule has 19 heavy (non-hydrogen) atoms. The fourth-order valence-corrected chi connectivity index (χ4v) is 2.19. The molecule has 1 heterocycles. The van der Waals surface area contributed by atoms with E-state index in [4.69, 9.17) is 5.73 Å². The molecule has 0 aliphatic carbocycles. The van der Waals surface area contributed by atoms with Gasteiger partial charge < -0.3 is 16.0 Å². The third-order valence-electron chi connectivity index (χ3n) is 3.26. The van der Waals surface area contributed by atoms with Crippen molar-refractivity contribution in [3.63, 3.8) is 0 Å². The predicted octanol–water partition coefficient (Wildman–Crippen LogP) is 1.87. The van der Waals surface area contributed by atoms with Crippen LogP contribution < -0.4 is 11.1 Å². The zero-order chi connectivity index (χ0) is 14.0. The van der Waals surface area contributed by atoms with E-state index in [0.29, 0.717) is 6.54 Å².